The molecule has 0 saturated carbocycles. The molecule has 0 unspecified atom stereocenters. The van der Waals surface area contributed by atoms with Crippen molar-refractivity contribution < 1.29 is 79.2 Å². The van der Waals surface area contributed by atoms with Gasteiger partial charge in [0.25, 0.3) is 0 Å². The first-order valence-electron chi connectivity index (χ1n) is 27.0. The van der Waals surface area contributed by atoms with Gasteiger partial charge >= 0.3 is 85.9 Å². The van der Waals surface area contributed by atoms with E-state index in [-0.39, 0.29) is 77.4 Å². The van der Waals surface area contributed by atoms with Crippen molar-refractivity contribution in [2.75, 3.05) is 0 Å². The molecular formula is C60H88O16Sn2. The number of carboxylic acid groups (broad SMARTS) is 8. The Hall–Kier alpha value is -5.24. The summed E-state index contributed by atoms with van der Waals surface area (Å²) < 4.78 is 0. The second kappa shape index (κ2) is 57.9. The normalized spacial score (nSPS) is 10.7. The molecule has 0 fully saturated rings. The number of benzene rings is 2. The van der Waals surface area contributed by atoms with Crippen LogP contribution in [0.25, 0.3) is 0 Å². The van der Waals surface area contributed by atoms with Crippen LogP contribution in [-0.2, 0) is 51.2 Å². The van der Waals surface area contributed by atoms with E-state index in [1.807, 2.05) is 0 Å². The Bertz CT molecular complexity index is 1900. The van der Waals surface area contributed by atoms with Crippen molar-refractivity contribution in [2.45, 2.75) is 201 Å². The van der Waals surface area contributed by atoms with Crippen molar-refractivity contribution in [3.8, 4) is 0 Å². The first-order valence-corrected chi connectivity index (χ1v) is 38.4. The minimum absolute atomic E-state index is 0.00146. The maximum absolute atomic E-state index is 10.8. The van der Waals surface area contributed by atoms with Gasteiger partial charge in [0.05, 0.1) is 23.9 Å². The second-order valence-electron chi connectivity index (χ2n) is 18.1. The van der Waals surface area contributed by atoms with E-state index in [0.29, 0.717) is 36.1 Å². The van der Waals surface area contributed by atoms with E-state index in [1.165, 1.54) is 103 Å². The number of hydrogen-bond donors (Lipinski definition) is 4. The third kappa shape index (κ3) is 58.4. The summed E-state index contributed by atoms with van der Waals surface area (Å²) in [6.45, 7) is 4.45. The molecule has 18 heteroatoms. The summed E-state index contributed by atoms with van der Waals surface area (Å²) in [5.74, 6) is -10.7. The molecule has 0 saturated heterocycles. The number of rotatable bonds is 36. The Morgan fingerprint density at radius 3 is 0.795 bits per heavy atom. The van der Waals surface area contributed by atoms with Crippen LogP contribution in [0.5, 0.6) is 0 Å². The minimum atomic E-state index is -1.54. The molecule has 4 N–H and O–H groups in total. The van der Waals surface area contributed by atoms with E-state index in [2.05, 4.69) is 33.6 Å². The van der Waals surface area contributed by atoms with Gasteiger partial charge in [0.15, 0.2) is 0 Å². The van der Waals surface area contributed by atoms with E-state index >= 15 is 0 Å². The van der Waals surface area contributed by atoms with Gasteiger partial charge in [-0.1, -0.05) is 203 Å². The Balaban J connectivity index is -0.000000456. The fourth-order valence-electron chi connectivity index (χ4n) is 7.02. The van der Waals surface area contributed by atoms with Crippen LogP contribution in [0.4, 0.5) is 0 Å². The molecule has 0 bridgehead atoms. The Morgan fingerprint density at radius 1 is 0.372 bits per heavy atom. The molecule has 2 aromatic rings. The third-order valence-electron chi connectivity index (χ3n) is 10.8. The average Bonchev–Trinajstić information content (AvgIpc) is 3.37. The fourth-order valence-corrected chi connectivity index (χ4v) is 7.02. The molecule has 0 radical (unpaired) electrons. The zero-order chi connectivity index (χ0) is 59.8. The number of carbonyl (C=O) groups excluding carboxylic acids is 4. The van der Waals surface area contributed by atoms with Crippen LogP contribution < -0.4 is 20.4 Å². The summed E-state index contributed by atoms with van der Waals surface area (Å²) >= 11 is 0.460. The molecule has 0 amide bonds. The van der Waals surface area contributed by atoms with Crippen molar-refractivity contribution in [1.29, 1.82) is 0 Å². The third-order valence-corrected chi connectivity index (χ3v) is 10.8. The first-order chi connectivity index (χ1) is 37.2. The van der Waals surface area contributed by atoms with E-state index in [9.17, 15) is 58.8 Å². The van der Waals surface area contributed by atoms with Crippen LogP contribution in [0.2, 0.25) is 19.8 Å². The van der Waals surface area contributed by atoms with E-state index < -0.39 is 47.8 Å². The maximum atomic E-state index is 10.8. The van der Waals surface area contributed by atoms with Crippen molar-refractivity contribution in [3.05, 3.63) is 118 Å². The summed E-state index contributed by atoms with van der Waals surface area (Å²) in [5.41, 5.74) is 0.794. The summed E-state index contributed by atoms with van der Waals surface area (Å²) in [4.78, 5) is 93.4. The monoisotopic (exact) mass is 1300 g/mol. The molecule has 0 aliphatic heterocycles. The predicted octanol–water partition coefficient (Wildman–Crippen LogP) is 8.45. The number of carboxylic acids is 8. The van der Waals surface area contributed by atoms with Gasteiger partial charge in [-0.3, -0.25) is 0 Å². The van der Waals surface area contributed by atoms with Crippen LogP contribution >= 0.6 is 0 Å². The van der Waals surface area contributed by atoms with Crippen molar-refractivity contribution in [3.63, 3.8) is 0 Å². The topological polar surface area (TPSA) is 310 Å². The molecular weight excluding hydrogens is 1210 g/mol. The van der Waals surface area contributed by atoms with E-state index in [0.717, 1.165) is 50.7 Å². The van der Waals surface area contributed by atoms with Crippen LogP contribution in [0.15, 0.2) is 107 Å². The first kappa shape index (κ1) is 79.2. The molecule has 0 spiro atoms. The Morgan fingerprint density at radius 2 is 0.603 bits per heavy atom. The summed E-state index contributed by atoms with van der Waals surface area (Å²) in [6.07, 6.45) is 29.8. The van der Waals surface area contributed by atoms with Gasteiger partial charge in [-0.2, -0.15) is 0 Å². The Kier molecular flexibility index (Phi) is 58.8. The van der Waals surface area contributed by atoms with Crippen LogP contribution in [0.3, 0.4) is 0 Å². The number of aliphatic carboxylic acids is 8. The standard InChI is InChI=1S/2C17H30O4.2C11H10O4.4CH3.2Sn/c2*1-2-3-4-5-6-7-8-9-10-11-12-13-15(17(20)21)14-16(18)19;2*12-10(13)7-9(11(14)15)6-8-4-2-1-3-5-8;;;;;;/h2*14H,2-13H2,1H3,(H,18,19)(H,20,21);2*1-5,7H,6H2,(H,12,13)(H,14,15);4*1H3;;/q;;;;;;;;2*+2/p-4/b2*15-14-;2*9-7-;;;;;;. The molecule has 0 aromatic heterocycles. The van der Waals surface area contributed by atoms with E-state index in [4.69, 9.17) is 20.4 Å². The van der Waals surface area contributed by atoms with Gasteiger partial charge in [-0.15, -0.1) is 0 Å². The number of carbonyl (C=O) groups is 8. The molecule has 0 aliphatic rings. The summed E-state index contributed by atoms with van der Waals surface area (Å²) in [5, 5.41) is 76.4. The number of hydrogen-bond acceptors (Lipinski definition) is 12. The molecule has 432 valence electrons. The summed E-state index contributed by atoms with van der Waals surface area (Å²) in [7, 11) is 0. The van der Waals surface area contributed by atoms with Crippen LogP contribution in [-0.4, -0.2) is 110 Å². The molecule has 78 heavy (non-hydrogen) atoms. The second-order valence-corrected chi connectivity index (χ2v) is 23.8. The van der Waals surface area contributed by atoms with Gasteiger partial charge in [-0.05, 0) is 73.0 Å². The fraction of sp³-hybridized carbons (Fsp3) is 0.533. The van der Waals surface area contributed by atoms with Crippen molar-refractivity contribution >= 4 is 90.0 Å². The van der Waals surface area contributed by atoms with Crippen LogP contribution in [0.1, 0.15) is 179 Å². The molecule has 16 nitrogen and oxygen atoms in total. The average molecular weight is 1300 g/mol. The van der Waals surface area contributed by atoms with Crippen molar-refractivity contribution in [2.24, 2.45) is 0 Å². The van der Waals surface area contributed by atoms with Gasteiger partial charge < -0.3 is 60.0 Å². The van der Waals surface area contributed by atoms with Gasteiger partial charge in [0.1, 0.15) is 0 Å². The molecule has 0 heterocycles. The SMILES string of the molecule is CCCCCCCCCCCCC/C(=C/C(=O)O)C(=O)O.CCCCCCCCCCCCC/C(=C/C(=O)O)C(=O)O.O=C([O-])/C=C(/Cc1ccccc1)C(=O)[O-].O=C([O-])/C=C(/Cc1ccccc1)C(=O)[O-].[CH3][Sn+2][CH3].[CH3][Sn+2][CH3]. The van der Waals surface area contributed by atoms with E-state index in [1.54, 1.807) is 60.7 Å². The molecule has 2 rings (SSSR count). The number of unbranched alkanes of at least 4 members (excludes halogenated alkanes) is 20. The van der Waals surface area contributed by atoms with Gasteiger partial charge in [0, 0.05) is 23.3 Å². The van der Waals surface area contributed by atoms with Crippen LogP contribution in [0, 0.1) is 0 Å². The molecule has 0 atom stereocenters. The van der Waals surface area contributed by atoms with Gasteiger partial charge in [0.2, 0.25) is 0 Å². The molecule has 0 aliphatic carbocycles. The van der Waals surface area contributed by atoms with Gasteiger partial charge in [-0.25, -0.2) is 19.2 Å². The summed E-state index contributed by atoms with van der Waals surface area (Å²) in [6, 6.07) is 17.3. The van der Waals surface area contributed by atoms with Crippen molar-refractivity contribution in [1.82, 2.24) is 0 Å². The zero-order valence-electron chi connectivity index (χ0n) is 47.2. The zero-order valence-corrected chi connectivity index (χ0v) is 52.9. The Labute approximate surface area is 485 Å². The molecule has 2 aromatic carbocycles. The quantitative estimate of drug-likeness (QED) is 0.0282. The predicted molar refractivity (Wildman–Crippen MR) is 300 cm³/mol.